The molecule has 1 aromatic heterocycles. The lowest BCUT2D eigenvalue weighted by molar-refractivity contribution is 0.811. The maximum atomic E-state index is 5.64. The van der Waals surface area contributed by atoms with Crippen molar-refractivity contribution in [1.29, 1.82) is 0 Å². The number of halogens is 1. The van der Waals surface area contributed by atoms with Crippen LogP contribution in [-0.2, 0) is 6.42 Å². The summed E-state index contributed by atoms with van der Waals surface area (Å²) in [4.78, 5) is 4.32. The summed E-state index contributed by atoms with van der Waals surface area (Å²) in [7, 11) is 0. The Morgan fingerprint density at radius 2 is 2.12 bits per heavy atom. The van der Waals surface area contributed by atoms with Gasteiger partial charge in [-0.15, -0.1) is 0 Å². The summed E-state index contributed by atoms with van der Waals surface area (Å²) in [5.74, 6) is 1.67. The van der Waals surface area contributed by atoms with Gasteiger partial charge in [0.1, 0.15) is 11.6 Å². The number of hydrogen-bond donors (Lipinski definition) is 1. The van der Waals surface area contributed by atoms with E-state index in [2.05, 4.69) is 32.1 Å². The van der Waals surface area contributed by atoms with Crippen LogP contribution in [0.2, 0.25) is 0 Å². The first-order chi connectivity index (χ1) is 8.11. The molecule has 2 aromatic rings. The molecule has 0 spiro atoms. The number of nitrogens with two attached hydrogens (primary N) is 1. The first-order valence-corrected chi connectivity index (χ1v) is 6.30. The molecule has 0 saturated heterocycles. The van der Waals surface area contributed by atoms with Crippen molar-refractivity contribution in [1.82, 2.24) is 14.8 Å². The summed E-state index contributed by atoms with van der Waals surface area (Å²) in [5, 5.41) is 4.40. The van der Waals surface area contributed by atoms with Crippen molar-refractivity contribution in [2.24, 2.45) is 5.73 Å². The molecule has 0 bridgehead atoms. The molecule has 1 aromatic carbocycles. The highest BCUT2D eigenvalue weighted by molar-refractivity contribution is 9.10. The van der Waals surface area contributed by atoms with Gasteiger partial charge in [0.2, 0.25) is 0 Å². The van der Waals surface area contributed by atoms with Crippen molar-refractivity contribution >= 4 is 15.9 Å². The van der Waals surface area contributed by atoms with Crippen molar-refractivity contribution in [3.05, 3.63) is 39.9 Å². The molecule has 0 radical (unpaired) electrons. The van der Waals surface area contributed by atoms with Crippen LogP contribution >= 0.6 is 15.9 Å². The van der Waals surface area contributed by atoms with E-state index in [0.717, 1.165) is 28.2 Å². The molecule has 4 nitrogen and oxygen atoms in total. The highest BCUT2D eigenvalue weighted by Crippen LogP contribution is 2.21. The summed E-state index contributed by atoms with van der Waals surface area (Å²) < 4.78 is 2.92. The van der Waals surface area contributed by atoms with Gasteiger partial charge in [0.15, 0.2) is 0 Å². The highest BCUT2D eigenvalue weighted by atomic mass is 79.9. The fourth-order valence-electron chi connectivity index (χ4n) is 1.87. The third kappa shape index (κ3) is 2.56. The SMILES string of the molecule is Cc1nc(C)n(-c2ccc(Br)cc2CCN)n1. The molecule has 0 aliphatic carbocycles. The Kier molecular flexibility index (Phi) is 3.59. The maximum absolute atomic E-state index is 5.64. The molecule has 17 heavy (non-hydrogen) atoms. The third-order valence-electron chi connectivity index (χ3n) is 2.56. The Hall–Kier alpha value is -1.20. The fourth-order valence-corrected chi connectivity index (χ4v) is 2.27. The minimum Gasteiger partial charge on any atom is -0.330 e. The molecule has 0 amide bonds. The van der Waals surface area contributed by atoms with Crippen LogP contribution in [0.25, 0.3) is 5.69 Å². The van der Waals surface area contributed by atoms with Gasteiger partial charge < -0.3 is 5.73 Å². The molecule has 0 unspecified atom stereocenters. The van der Waals surface area contributed by atoms with Crippen LogP contribution in [0.5, 0.6) is 0 Å². The minimum absolute atomic E-state index is 0.621. The molecule has 1 heterocycles. The Bertz CT molecular complexity index is 533. The van der Waals surface area contributed by atoms with E-state index in [0.29, 0.717) is 6.54 Å². The Morgan fingerprint density at radius 3 is 2.71 bits per heavy atom. The molecule has 90 valence electrons. The average Bonchev–Trinajstić information content (AvgIpc) is 2.59. The number of aryl methyl sites for hydroxylation is 2. The lowest BCUT2D eigenvalue weighted by Crippen LogP contribution is -2.08. The third-order valence-corrected chi connectivity index (χ3v) is 3.05. The molecule has 2 N–H and O–H groups in total. The molecule has 2 rings (SSSR count). The van der Waals surface area contributed by atoms with Gasteiger partial charge in [-0.1, -0.05) is 15.9 Å². The molecule has 5 heteroatoms. The summed E-state index contributed by atoms with van der Waals surface area (Å²) in [6, 6.07) is 6.13. The predicted octanol–water partition coefficient (Wildman–Crippen LogP) is 2.15. The first kappa shape index (κ1) is 12.3. The molecular weight excluding hydrogens is 280 g/mol. The normalized spacial score (nSPS) is 10.8. The van der Waals surface area contributed by atoms with Gasteiger partial charge in [-0.2, -0.15) is 5.10 Å². The van der Waals surface area contributed by atoms with Gasteiger partial charge >= 0.3 is 0 Å². The first-order valence-electron chi connectivity index (χ1n) is 5.51. The topological polar surface area (TPSA) is 56.7 Å². The van der Waals surface area contributed by atoms with E-state index in [4.69, 9.17) is 5.73 Å². The van der Waals surface area contributed by atoms with E-state index in [1.165, 1.54) is 5.56 Å². The molecular formula is C12H15BrN4. The van der Waals surface area contributed by atoms with Gasteiger partial charge in [0, 0.05) is 4.47 Å². The van der Waals surface area contributed by atoms with Gasteiger partial charge in [0.05, 0.1) is 5.69 Å². The lowest BCUT2D eigenvalue weighted by atomic mass is 10.1. The van der Waals surface area contributed by atoms with Crippen molar-refractivity contribution < 1.29 is 0 Å². The Morgan fingerprint density at radius 1 is 1.35 bits per heavy atom. The largest absolute Gasteiger partial charge is 0.330 e. The Labute approximate surface area is 109 Å². The second-order valence-electron chi connectivity index (χ2n) is 3.93. The fraction of sp³-hybridized carbons (Fsp3) is 0.333. The van der Waals surface area contributed by atoms with Crippen LogP contribution in [-0.4, -0.2) is 21.3 Å². The van der Waals surface area contributed by atoms with Gasteiger partial charge in [-0.05, 0) is 50.6 Å². The van der Waals surface area contributed by atoms with Crippen LogP contribution in [0, 0.1) is 13.8 Å². The van der Waals surface area contributed by atoms with Crippen LogP contribution in [0.1, 0.15) is 17.2 Å². The van der Waals surface area contributed by atoms with Crippen molar-refractivity contribution in [2.75, 3.05) is 6.54 Å². The van der Waals surface area contributed by atoms with Crippen molar-refractivity contribution in [2.45, 2.75) is 20.3 Å². The summed E-state index contributed by atoms with van der Waals surface area (Å²) in [6.45, 7) is 4.47. The molecule has 0 saturated carbocycles. The smallest absolute Gasteiger partial charge is 0.148 e. The van der Waals surface area contributed by atoms with E-state index in [-0.39, 0.29) is 0 Å². The summed E-state index contributed by atoms with van der Waals surface area (Å²) in [6.07, 6.45) is 0.827. The highest BCUT2D eigenvalue weighted by Gasteiger charge is 2.09. The Balaban J connectivity index is 2.54. The number of aromatic nitrogens is 3. The average molecular weight is 295 g/mol. The second kappa shape index (κ2) is 4.98. The monoisotopic (exact) mass is 294 g/mol. The van der Waals surface area contributed by atoms with E-state index in [9.17, 15) is 0 Å². The lowest BCUT2D eigenvalue weighted by Gasteiger charge is -2.10. The molecule has 0 atom stereocenters. The maximum Gasteiger partial charge on any atom is 0.148 e. The standard InChI is InChI=1S/C12H15BrN4/c1-8-15-9(2)17(16-8)12-4-3-11(13)7-10(12)5-6-14/h3-4,7H,5-6,14H2,1-2H3. The van der Waals surface area contributed by atoms with E-state index >= 15 is 0 Å². The molecule has 0 aliphatic heterocycles. The summed E-state index contributed by atoms with van der Waals surface area (Å²) in [5.41, 5.74) is 7.87. The van der Waals surface area contributed by atoms with Gasteiger partial charge in [-0.25, -0.2) is 9.67 Å². The van der Waals surface area contributed by atoms with Crippen LogP contribution in [0.15, 0.2) is 22.7 Å². The second-order valence-corrected chi connectivity index (χ2v) is 4.85. The van der Waals surface area contributed by atoms with Crippen molar-refractivity contribution in [3.63, 3.8) is 0 Å². The van der Waals surface area contributed by atoms with E-state index in [1.54, 1.807) is 0 Å². The van der Waals surface area contributed by atoms with E-state index < -0.39 is 0 Å². The zero-order valence-electron chi connectivity index (χ0n) is 9.94. The number of nitrogens with zero attached hydrogens (tertiary/aromatic N) is 3. The number of rotatable bonds is 3. The van der Waals surface area contributed by atoms with Gasteiger partial charge in [-0.3, -0.25) is 0 Å². The molecule has 0 aliphatic rings. The van der Waals surface area contributed by atoms with Gasteiger partial charge in [0.25, 0.3) is 0 Å². The number of hydrogen-bond acceptors (Lipinski definition) is 3. The quantitative estimate of drug-likeness (QED) is 0.944. The van der Waals surface area contributed by atoms with E-state index in [1.807, 2.05) is 30.7 Å². The van der Waals surface area contributed by atoms with Crippen molar-refractivity contribution in [3.8, 4) is 5.69 Å². The predicted molar refractivity (Wildman–Crippen MR) is 71.3 cm³/mol. The number of benzene rings is 1. The van der Waals surface area contributed by atoms with Crippen LogP contribution in [0.4, 0.5) is 0 Å². The molecule has 0 fully saturated rings. The minimum atomic E-state index is 0.621. The van der Waals surface area contributed by atoms with Crippen LogP contribution < -0.4 is 5.73 Å². The zero-order chi connectivity index (χ0) is 12.4. The zero-order valence-corrected chi connectivity index (χ0v) is 11.5. The summed E-state index contributed by atoms with van der Waals surface area (Å²) >= 11 is 3.48. The van der Waals surface area contributed by atoms with Crippen LogP contribution in [0.3, 0.4) is 0 Å².